The summed E-state index contributed by atoms with van der Waals surface area (Å²) in [5, 5.41) is 4.11. The average Bonchev–Trinajstić information content (AvgIpc) is 2.64. The van der Waals surface area contributed by atoms with Crippen molar-refractivity contribution in [2.75, 3.05) is 5.73 Å². The van der Waals surface area contributed by atoms with Gasteiger partial charge in [0.15, 0.2) is 0 Å². The first-order valence-corrected chi connectivity index (χ1v) is 6.30. The normalized spacial score (nSPS) is 11.2. The van der Waals surface area contributed by atoms with Gasteiger partial charge in [0.2, 0.25) is 5.88 Å². The number of hydrogen-bond acceptors (Lipinski definition) is 3. The van der Waals surface area contributed by atoms with Crippen LogP contribution in [-0.2, 0) is 6.42 Å². The third-order valence-electron chi connectivity index (χ3n) is 3.21. The molecule has 0 aliphatic heterocycles. The molecule has 0 atom stereocenters. The van der Waals surface area contributed by atoms with Crippen molar-refractivity contribution in [1.29, 1.82) is 0 Å². The molecular weight excluding hydrogens is 224 g/mol. The van der Waals surface area contributed by atoms with Gasteiger partial charge in [-0.2, -0.15) is 0 Å². The summed E-state index contributed by atoms with van der Waals surface area (Å²) < 4.78 is 5.15. The lowest BCUT2D eigenvalue weighted by Crippen LogP contribution is -1.98. The Morgan fingerprint density at radius 2 is 1.94 bits per heavy atom. The Labute approximate surface area is 108 Å². The van der Waals surface area contributed by atoms with E-state index in [9.17, 15) is 0 Å². The molecule has 0 bridgehead atoms. The quantitative estimate of drug-likeness (QED) is 0.894. The molecular formula is C15H20N2O. The smallest absolute Gasteiger partial charge is 0.225 e. The fraction of sp³-hybridized carbons (Fsp3) is 0.400. The molecule has 18 heavy (non-hydrogen) atoms. The van der Waals surface area contributed by atoms with Crippen molar-refractivity contribution in [3.8, 4) is 11.3 Å². The zero-order chi connectivity index (χ0) is 13.3. The number of aryl methyl sites for hydroxylation is 2. The Balaban J connectivity index is 2.47. The number of anilines is 1. The molecule has 96 valence electrons. The Hall–Kier alpha value is -1.77. The molecule has 3 nitrogen and oxygen atoms in total. The molecule has 0 saturated heterocycles. The number of aromatic nitrogens is 1. The van der Waals surface area contributed by atoms with E-state index in [2.05, 4.69) is 51.1 Å². The van der Waals surface area contributed by atoms with Crippen LogP contribution in [0.25, 0.3) is 11.3 Å². The van der Waals surface area contributed by atoms with Crippen LogP contribution in [0, 0.1) is 19.8 Å². The van der Waals surface area contributed by atoms with Crippen LogP contribution >= 0.6 is 0 Å². The van der Waals surface area contributed by atoms with Crippen molar-refractivity contribution in [1.82, 2.24) is 5.16 Å². The fourth-order valence-corrected chi connectivity index (χ4v) is 2.04. The second-order valence-electron chi connectivity index (χ2n) is 5.27. The van der Waals surface area contributed by atoms with E-state index in [4.69, 9.17) is 10.3 Å². The molecule has 2 rings (SSSR count). The second-order valence-corrected chi connectivity index (χ2v) is 5.27. The SMILES string of the molecule is Cc1ccc(-c2noc(N)c2CC(C)C)cc1C. The highest BCUT2D eigenvalue weighted by Crippen LogP contribution is 2.30. The van der Waals surface area contributed by atoms with Crippen LogP contribution < -0.4 is 5.73 Å². The van der Waals surface area contributed by atoms with Gasteiger partial charge >= 0.3 is 0 Å². The minimum atomic E-state index is 0.442. The van der Waals surface area contributed by atoms with Gasteiger partial charge in [-0.3, -0.25) is 0 Å². The van der Waals surface area contributed by atoms with Crippen LogP contribution in [0.3, 0.4) is 0 Å². The summed E-state index contributed by atoms with van der Waals surface area (Å²) >= 11 is 0. The van der Waals surface area contributed by atoms with Crippen LogP contribution in [-0.4, -0.2) is 5.16 Å². The lowest BCUT2D eigenvalue weighted by Gasteiger charge is -2.07. The number of nitrogen functional groups attached to an aromatic ring is 1. The van der Waals surface area contributed by atoms with Gasteiger partial charge in [-0.05, 0) is 43.4 Å². The molecule has 1 heterocycles. The summed E-state index contributed by atoms with van der Waals surface area (Å²) in [5.74, 6) is 0.967. The highest BCUT2D eigenvalue weighted by molar-refractivity contribution is 5.68. The maximum absolute atomic E-state index is 5.87. The third kappa shape index (κ3) is 2.40. The summed E-state index contributed by atoms with van der Waals surface area (Å²) in [5.41, 5.74) is 11.4. The van der Waals surface area contributed by atoms with Gasteiger partial charge in [0, 0.05) is 11.1 Å². The molecule has 0 saturated carbocycles. The molecule has 0 amide bonds. The van der Waals surface area contributed by atoms with Crippen molar-refractivity contribution < 1.29 is 4.52 Å². The van der Waals surface area contributed by atoms with Crippen molar-refractivity contribution in [3.63, 3.8) is 0 Å². The average molecular weight is 244 g/mol. The van der Waals surface area contributed by atoms with E-state index >= 15 is 0 Å². The van der Waals surface area contributed by atoms with Crippen molar-refractivity contribution in [2.24, 2.45) is 5.92 Å². The first kappa shape index (κ1) is 12.7. The molecule has 2 aromatic rings. The van der Waals surface area contributed by atoms with Crippen LogP contribution in [0.1, 0.15) is 30.5 Å². The first-order chi connectivity index (χ1) is 8.49. The number of hydrogen-bond donors (Lipinski definition) is 1. The van der Waals surface area contributed by atoms with E-state index in [1.807, 2.05) is 0 Å². The molecule has 0 aliphatic carbocycles. The van der Waals surface area contributed by atoms with Gasteiger partial charge < -0.3 is 10.3 Å². The largest absolute Gasteiger partial charge is 0.367 e. The lowest BCUT2D eigenvalue weighted by molar-refractivity contribution is 0.438. The minimum Gasteiger partial charge on any atom is -0.367 e. The molecule has 0 spiro atoms. The standard InChI is InChI=1S/C15H20N2O/c1-9(2)7-13-14(17-18-15(13)16)12-6-5-10(3)11(4)8-12/h5-6,8-9H,7,16H2,1-4H3. The van der Waals surface area contributed by atoms with E-state index in [1.54, 1.807) is 0 Å². The molecule has 1 aromatic carbocycles. The van der Waals surface area contributed by atoms with Gasteiger partial charge in [-0.1, -0.05) is 31.1 Å². The third-order valence-corrected chi connectivity index (χ3v) is 3.21. The molecule has 0 aliphatic rings. The van der Waals surface area contributed by atoms with Crippen LogP contribution in [0.5, 0.6) is 0 Å². The first-order valence-electron chi connectivity index (χ1n) is 6.30. The highest BCUT2D eigenvalue weighted by atomic mass is 16.5. The van der Waals surface area contributed by atoms with Crippen molar-refractivity contribution in [2.45, 2.75) is 34.1 Å². The van der Waals surface area contributed by atoms with Gasteiger partial charge in [0.05, 0.1) is 0 Å². The summed E-state index contributed by atoms with van der Waals surface area (Å²) in [6.45, 7) is 8.53. The van der Waals surface area contributed by atoms with Gasteiger partial charge in [0.1, 0.15) is 5.69 Å². The van der Waals surface area contributed by atoms with Crippen molar-refractivity contribution >= 4 is 5.88 Å². The highest BCUT2D eigenvalue weighted by Gasteiger charge is 2.16. The Morgan fingerprint density at radius 3 is 2.56 bits per heavy atom. The number of benzene rings is 1. The van der Waals surface area contributed by atoms with E-state index in [1.165, 1.54) is 11.1 Å². The predicted molar refractivity (Wildman–Crippen MR) is 74.4 cm³/mol. The topological polar surface area (TPSA) is 52.0 Å². The van der Waals surface area contributed by atoms with Crippen LogP contribution in [0.4, 0.5) is 5.88 Å². The second kappa shape index (κ2) is 4.84. The minimum absolute atomic E-state index is 0.442. The summed E-state index contributed by atoms with van der Waals surface area (Å²) in [6, 6.07) is 6.31. The summed E-state index contributed by atoms with van der Waals surface area (Å²) in [4.78, 5) is 0. The Bertz CT molecular complexity index is 556. The predicted octanol–water partition coefficient (Wildman–Crippen LogP) is 3.74. The molecule has 3 heteroatoms. The maximum Gasteiger partial charge on any atom is 0.225 e. The van der Waals surface area contributed by atoms with Gasteiger partial charge in [-0.15, -0.1) is 0 Å². The van der Waals surface area contributed by atoms with E-state index in [0.717, 1.165) is 23.2 Å². The summed E-state index contributed by atoms with van der Waals surface area (Å²) in [6.07, 6.45) is 0.886. The van der Waals surface area contributed by atoms with Gasteiger partial charge in [0.25, 0.3) is 0 Å². The number of rotatable bonds is 3. The molecule has 0 fully saturated rings. The molecule has 1 aromatic heterocycles. The van der Waals surface area contributed by atoms with E-state index in [-0.39, 0.29) is 0 Å². The van der Waals surface area contributed by atoms with E-state index < -0.39 is 0 Å². The summed E-state index contributed by atoms with van der Waals surface area (Å²) in [7, 11) is 0. The molecule has 0 radical (unpaired) electrons. The molecule has 2 N–H and O–H groups in total. The van der Waals surface area contributed by atoms with Crippen LogP contribution in [0.15, 0.2) is 22.7 Å². The zero-order valence-electron chi connectivity index (χ0n) is 11.4. The lowest BCUT2D eigenvalue weighted by atomic mass is 9.97. The van der Waals surface area contributed by atoms with Crippen LogP contribution in [0.2, 0.25) is 0 Å². The monoisotopic (exact) mass is 244 g/mol. The maximum atomic E-state index is 5.87. The van der Waals surface area contributed by atoms with Gasteiger partial charge in [-0.25, -0.2) is 0 Å². The Morgan fingerprint density at radius 1 is 1.22 bits per heavy atom. The molecule has 0 unspecified atom stereocenters. The zero-order valence-corrected chi connectivity index (χ0v) is 11.4. The number of nitrogens with two attached hydrogens (primary N) is 1. The van der Waals surface area contributed by atoms with Crippen molar-refractivity contribution in [3.05, 3.63) is 34.9 Å². The Kier molecular flexibility index (Phi) is 3.41. The van der Waals surface area contributed by atoms with E-state index in [0.29, 0.717) is 11.8 Å². The fourth-order valence-electron chi connectivity index (χ4n) is 2.04. The number of nitrogens with zero attached hydrogens (tertiary/aromatic N) is 1.